The van der Waals surface area contributed by atoms with Crippen molar-refractivity contribution in [1.82, 2.24) is 15.0 Å². The number of nitrogen functional groups attached to an aromatic ring is 1. The third kappa shape index (κ3) is 4.13. The van der Waals surface area contributed by atoms with Crippen LogP contribution in [0.25, 0.3) is 11.0 Å². The van der Waals surface area contributed by atoms with Crippen molar-refractivity contribution in [2.75, 3.05) is 17.6 Å². The first-order valence-corrected chi connectivity index (χ1v) is 8.08. The average Bonchev–Trinajstić information content (AvgIpc) is 2.59. The first kappa shape index (κ1) is 16.9. The van der Waals surface area contributed by atoms with E-state index in [4.69, 9.17) is 10.5 Å². The van der Waals surface area contributed by atoms with Crippen LogP contribution in [0.1, 0.15) is 25.5 Å². The van der Waals surface area contributed by atoms with Crippen LogP contribution in [0.5, 0.6) is 5.75 Å². The Morgan fingerprint density at radius 3 is 2.60 bits per heavy atom. The van der Waals surface area contributed by atoms with Crippen molar-refractivity contribution in [3.05, 3.63) is 48.3 Å². The number of nitrogens with one attached hydrogen (secondary N) is 1. The Morgan fingerprint density at radius 2 is 1.88 bits per heavy atom. The number of pyridine rings is 1. The second-order valence-corrected chi connectivity index (χ2v) is 5.96. The topological polar surface area (TPSA) is 106 Å². The third-order valence-electron chi connectivity index (χ3n) is 3.62. The van der Waals surface area contributed by atoms with Crippen LogP contribution >= 0.6 is 0 Å². The zero-order valence-corrected chi connectivity index (χ0v) is 14.2. The molecule has 1 unspecified atom stereocenters. The number of nitrogens with zero attached hydrogens (tertiary/aromatic N) is 3. The van der Waals surface area contributed by atoms with Gasteiger partial charge >= 0.3 is 0 Å². The number of hydrogen-bond donors (Lipinski definition) is 3. The lowest BCUT2D eigenvalue weighted by Gasteiger charge is -2.15. The van der Waals surface area contributed by atoms with Crippen LogP contribution in [0.4, 0.5) is 11.6 Å². The molecule has 0 aliphatic heterocycles. The maximum absolute atomic E-state index is 10.4. The summed E-state index contributed by atoms with van der Waals surface area (Å²) in [6.45, 7) is 4.25. The van der Waals surface area contributed by atoms with Crippen LogP contribution in [0.2, 0.25) is 0 Å². The summed E-state index contributed by atoms with van der Waals surface area (Å²) in [5.41, 5.74) is 6.98. The molecule has 7 nitrogen and oxygen atoms in total. The molecule has 130 valence electrons. The maximum Gasteiger partial charge on any atom is 0.166 e. The first-order chi connectivity index (χ1) is 12.0. The van der Waals surface area contributed by atoms with Gasteiger partial charge in [0.2, 0.25) is 0 Å². The van der Waals surface area contributed by atoms with E-state index in [1.807, 2.05) is 44.2 Å². The van der Waals surface area contributed by atoms with Crippen LogP contribution in [0, 0.1) is 0 Å². The summed E-state index contributed by atoms with van der Waals surface area (Å²) in [6.07, 6.45) is 0.854. The number of aliphatic hydroxyl groups is 1. The fourth-order valence-electron chi connectivity index (χ4n) is 2.45. The van der Waals surface area contributed by atoms with Gasteiger partial charge < -0.3 is 20.9 Å². The van der Waals surface area contributed by atoms with E-state index in [1.54, 1.807) is 6.07 Å². The smallest absolute Gasteiger partial charge is 0.166 e. The number of ether oxygens (including phenoxy) is 1. The van der Waals surface area contributed by atoms with Gasteiger partial charge in [-0.25, -0.2) is 15.0 Å². The number of anilines is 2. The highest BCUT2D eigenvalue weighted by Gasteiger charge is 2.10. The van der Waals surface area contributed by atoms with E-state index in [2.05, 4.69) is 20.3 Å². The lowest BCUT2D eigenvalue weighted by molar-refractivity contribution is 0.191. The molecule has 0 aliphatic carbocycles. The minimum absolute atomic E-state index is 0.117. The Kier molecular flexibility index (Phi) is 4.95. The van der Waals surface area contributed by atoms with Crippen LogP contribution in [0.3, 0.4) is 0 Å². The van der Waals surface area contributed by atoms with Crippen molar-refractivity contribution in [2.24, 2.45) is 0 Å². The van der Waals surface area contributed by atoms with Gasteiger partial charge in [-0.2, -0.15) is 0 Å². The fraction of sp³-hybridized carbons (Fsp3) is 0.278. The van der Waals surface area contributed by atoms with E-state index in [0.29, 0.717) is 23.8 Å². The Labute approximate surface area is 145 Å². The minimum atomic E-state index is -0.681. The van der Waals surface area contributed by atoms with Crippen molar-refractivity contribution < 1.29 is 9.84 Å². The van der Waals surface area contributed by atoms with Crippen LogP contribution < -0.4 is 15.8 Å². The molecule has 0 radical (unpaired) electrons. The summed E-state index contributed by atoms with van der Waals surface area (Å²) in [4.78, 5) is 12.5. The van der Waals surface area contributed by atoms with Gasteiger partial charge in [0.05, 0.1) is 17.6 Å². The molecule has 0 saturated heterocycles. The average molecular weight is 339 g/mol. The second-order valence-electron chi connectivity index (χ2n) is 5.96. The highest BCUT2D eigenvalue weighted by Crippen LogP contribution is 2.22. The summed E-state index contributed by atoms with van der Waals surface area (Å²) in [7, 11) is 0. The number of nitrogens with two attached hydrogens (primary N) is 1. The van der Waals surface area contributed by atoms with E-state index in [9.17, 15) is 5.11 Å². The second kappa shape index (κ2) is 7.31. The molecular weight excluding hydrogens is 318 g/mol. The molecular formula is C18H21N5O2. The summed E-state index contributed by atoms with van der Waals surface area (Å²) in [5, 5.41) is 14.3. The molecule has 0 bridgehead atoms. The van der Waals surface area contributed by atoms with Gasteiger partial charge in [-0.1, -0.05) is 12.1 Å². The molecule has 2 heterocycles. The number of hydrogen-bond acceptors (Lipinski definition) is 7. The molecule has 3 rings (SSSR count). The zero-order valence-electron chi connectivity index (χ0n) is 14.2. The molecule has 3 aromatic rings. The van der Waals surface area contributed by atoms with E-state index in [-0.39, 0.29) is 6.10 Å². The minimum Gasteiger partial charge on any atom is -0.491 e. The van der Waals surface area contributed by atoms with Gasteiger partial charge in [0.15, 0.2) is 5.65 Å². The highest BCUT2D eigenvalue weighted by molar-refractivity contribution is 5.87. The Hall–Kier alpha value is -2.93. The van der Waals surface area contributed by atoms with Gasteiger partial charge in [-0.15, -0.1) is 0 Å². The molecule has 7 heteroatoms. The lowest BCUT2D eigenvalue weighted by Crippen LogP contribution is -2.13. The SMILES string of the molecule is CC(C)Oc1ccc(C(O)CNc2ncnc3nc(N)ccc23)cc1. The largest absolute Gasteiger partial charge is 0.491 e. The van der Waals surface area contributed by atoms with Gasteiger partial charge in [0, 0.05) is 6.54 Å². The summed E-state index contributed by atoms with van der Waals surface area (Å²) >= 11 is 0. The monoisotopic (exact) mass is 339 g/mol. The Balaban J connectivity index is 1.69. The van der Waals surface area contributed by atoms with Gasteiger partial charge in [-0.05, 0) is 43.7 Å². The van der Waals surface area contributed by atoms with Gasteiger partial charge in [0.25, 0.3) is 0 Å². The van der Waals surface area contributed by atoms with Gasteiger partial charge in [-0.3, -0.25) is 0 Å². The van der Waals surface area contributed by atoms with Gasteiger partial charge in [0.1, 0.15) is 23.7 Å². The summed E-state index contributed by atoms with van der Waals surface area (Å²) < 4.78 is 5.60. The van der Waals surface area contributed by atoms with E-state index >= 15 is 0 Å². The van der Waals surface area contributed by atoms with E-state index < -0.39 is 6.10 Å². The van der Waals surface area contributed by atoms with Crippen LogP contribution in [-0.4, -0.2) is 32.7 Å². The van der Waals surface area contributed by atoms with Crippen molar-refractivity contribution in [2.45, 2.75) is 26.1 Å². The number of fused-ring (bicyclic) bond motifs is 1. The molecule has 0 spiro atoms. The van der Waals surface area contributed by atoms with E-state index in [0.717, 1.165) is 16.7 Å². The fourth-order valence-corrected chi connectivity index (χ4v) is 2.45. The Morgan fingerprint density at radius 1 is 1.12 bits per heavy atom. The predicted octanol–water partition coefficient (Wildman–Crippen LogP) is 2.54. The standard InChI is InChI=1S/C18H21N5O2/c1-11(2)25-13-5-3-12(4-6-13)15(24)9-20-17-14-7-8-16(19)23-18(14)22-10-21-17/h3-8,10-11,15,24H,9H2,1-2H3,(H3,19,20,21,22,23). The summed E-state index contributed by atoms with van der Waals surface area (Å²) in [6, 6.07) is 10.9. The highest BCUT2D eigenvalue weighted by atomic mass is 16.5. The van der Waals surface area contributed by atoms with Crippen molar-refractivity contribution in [1.29, 1.82) is 0 Å². The number of aliphatic hydroxyl groups excluding tert-OH is 1. The van der Waals surface area contributed by atoms with Crippen molar-refractivity contribution >= 4 is 22.7 Å². The maximum atomic E-state index is 10.4. The molecule has 1 atom stereocenters. The molecule has 1 aromatic carbocycles. The predicted molar refractivity (Wildman–Crippen MR) is 97.4 cm³/mol. The zero-order chi connectivity index (χ0) is 17.8. The quantitative estimate of drug-likeness (QED) is 0.633. The van der Waals surface area contributed by atoms with Crippen LogP contribution in [-0.2, 0) is 0 Å². The normalized spacial score (nSPS) is 12.3. The number of aromatic nitrogens is 3. The molecule has 0 fully saturated rings. The Bertz CT molecular complexity index is 852. The van der Waals surface area contributed by atoms with Crippen LogP contribution in [0.15, 0.2) is 42.7 Å². The molecule has 0 aliphatic rings. The molecule has 0 amide bonds. The summed E-state index contributed by atoms with van der Waals surface area (Å²) in [5.74, 6) is 1.79. The first-order valence-electron chi connectivity index (χ1n) is 8.08. The van der Waals surface area contributed by atoms with Crippen molar-refractivity contribution in [3.63, 3.8) is 0 Å². The molecule has 25 heavy (non-hydrogen) atoms. The lowest BCUT2D eigenvalue weighted by atomic mass is 10.1. The third-order valence-corrected chi connectivity index (χ3v) is 3.62. The molecule has 4 N–H and O–H groups in total. The van der Waals surface area contributed by atoms with E-state index in [1.165, 1.54) is 6.33 Å². The van der Waals surface area contributed by atoms with Crippen molar-refractivity contribution in [3.8, 4) is 5.75 Å². The molecule has 0 saturated carbocycles. The molecule has 2 aromatic heterocycles. The number of benzene rings is 1. The number of rotatable bonds is 6.